The van der Waals surface area contributed by atoms with Crippen LogP contribution in [0.2, 0.25) is 0 Å². The predicted octanol–water partition coefficient (Wildman–Crippen LogP) is 7.27. The van der Waals surface area contributed by atoms with Crippen LogP contribution in [0.3, 0.4) is 0 Å². The summed E-state index contributed by atoms with van der Waals surface area (Å²) in [7, 11) is 0. The number of thiazole rings is 1. The van der Waals surface area contributed by atoms with E-state index in [1.54, 1.807) is 6.92 Å². The number of carbonyl (C=O) groups excluding carboxylic acids is 2. The molecule has 164 valence electrons. The molecule has 4 rings (SSSR count). The molecule has 4 aromatic rings. The Morgan fingerprint density at radius 1 is 1.12 bits per heavy atom. The normalized spacial score (nSPS) is 10.8. The zero-order valence-electron chi connectivity index (χ0n) is 16.8. The number of nitrogens with zero attached hydrogens (tertiary/aromatic N) is 1. The highest BCUT2D eigenvalue weighted by Gasteiger charge is 2.23. The van der Waals surface area contributed by atoms with Crippen molar-refractivity contribution in [3.05, 3.63) is 62.6 Å². The molecule has 0 aliphatic carbocycles. The van der Waals surface area contributed by atoms with E-state index >= 15 is 0 Å². The summed E-state index contributed by atoms with van der Waals surface area (Å²) in [5.41, 5.74) is 3.10. The monoisotopic (exact) mass is 564 g/mol. The van der Waals surface area contributed by atoms with E-state index in [2.05, 4.69) is 26.2 Å². The second kappa shape index (κ2) is 10.8. The first-order valence-corrected chi connectivity index (χ1v) is 13.9. The molecule has 0 saturated carbocycles. The van der Waals surface area contributed by atoms with Crippen molar-refractivity contribution in [3.8, 4) is 21.7 Å². The van der Waals surface area contributed by atoms with Crippen molar-refractivity contribution in [2.75, 3.05) is 17.7 Å². The van der Waals surface area contributed by atoms with Gasteiger partial charge in [0, 0.05) is 31.2 Å². The molecule has 0 radical (unpaired) electrons. The number of rotatable bonds is 8. The molecule has 5 nitrogen and oxygen atoms in total. The Bertz CT molecular complexity index is 1220. The van der Waals surface area contributed by atoms with Crippen LogP contribution < -0.4 is 5.32 Å². The molecule has 1 amide bonds. The fourth-order valence-corrected chi connectivity index (χ4v) is 6.52. The summed E-state index contributed by atoms with van der Waals surface area (Å²) in [4.78, 5) is 30.8. The average molecular weight is 566 g/mol. The number of benzene rings is 1. The van der Waals surface area contributed by atoms with Crippen LogP contribution in [0.5, 0.6) is 0 Å². The van der Waals surface area contributed by atoms with Crippen molar-refractivity contribution >= 4 is 78.6 Å². The highest BCUT2D eigenvalue weighted by atomic mass is 79.9. The number of carbonyl (C=O) groups is 2. The number of esters is 1. The van der Waals surface area contributed by atoms with E-state index in [4.69, 9.17) is 4.74 Å². The Morgan fingerprint density at radius 3 is 2.66 bits per heavy atom. The van der Waals surface area contributed by atoms with Gasteiger partial charge in [0.15, 0.2) is 4.34 Å². The van der Waals surface area contributed by atoms with Gasteiger partial charge in [-0.2, -0.15) is 0 Å². The Labute approximate surface area is 210 Å². The minimum Gasteiger partial charge on any atom is -0.462 e. The molecule has 0 fully saturated rings. The third-order valence-corrected chi connectivity index (χ3v) is 8.61. The molecular weight excluding hydrogens is 548 g/mol. The number of ether oxygens (including phenoxy) is 1. The van der Waals surface area contributed by atoms with E-state index in [1.807, 2.05) is 52.5 Å². The lowest BCUT2D eigenvalue weighted by atomic mass is 10.1. The lowest BCUT2D eigenvalue weighted by Gasteiger charge is -2.07. The molecule has 1 aromatic carbocycles. The molecule has 0 atom stereocenters. The summed E-state index contributed by atoms with van der Waals surface area (Å²) < 4.78 is 7.06. The van der Waals surface area contributed by atoms with Crippen LogP contribution in [0.15, 0.2) is 61.4 Å². The number of hydrogen-bond donors (Lipinski definition) is 1. The van der Waals surface area contributed by atoms with E-state index < -0.39 is 5.97 Å². The molecule has 0 aliphatic heterocycles. The molecule has 0 spiro atoms. The topological polar surface area (TPSA) is 68.3 Å². The smallest absolute Gasteiger partial charge is 0.341 e. The second-order valence-corrected chi connectivity index (χ2v) is 11.2. The molecule has 0 bridgehead atoms. The Hall–Kier alpha value is -1.98. The van der Waals surface area contributed by atoms with Crippen molar-refractivity contribution in [3.63, 3.8) is 0 Å². The summed E-state index contributed by atoms with van der Waals surface area (Å²) in [5, 5.41) is 9.20. The van der Waals surface area contributed by atoms with Gasteiger partial charge in [-0.3, -0.25) is 4.79 Å². The molecule has 10 heteroatoms. The van der Waals surface area contributed by atoms with Crippen LogP contribution in [0, 0.1) is 0 Å². The maximum Gasteiger partial charge on any atom is 0.341 e. The fraction of sp³-hybridized carbons (Fsp3) is 0.136. The van der Waals surface area contributed by atoms with Crippen LogP contribution >= 0.6 is 61.7 Å². The SMILES string of the molecule is CCOC(=O)c1c(-c2cccs2)csc1NC(=O)CSc1nc(-c2ccc(Br)cc2)cs1. The molecule has 0 unspecified atom stereocenters. The van der Waals surface area contributed by atoms with Gasteiger partial charge in [-0.05, 0) is 30.5 Å². The van der Waals surface area contributed by atoms with E-state index in [0.717, 1.165) is 30.5 Å². The summed E-state index contributed by atoms with van der Waals surface area (Å²) in [6.45, 7) is 2.03. The zero-order chi connectivity index (χ0) is 22.5. The third-order valence-electron chi connectivity index (χ3n) is 4.26. The van der Waals surface area contributed by atoms with E-state index in [9.17, 15) is 9.59 Å². The predicted molar refractivity (Wildman–Crippen MR) is 138 cm³/mol. The van der Waals surface area contributed by atoms with E-state index in [0.29, 0.717) is 10.6 Å². The third kappa shape index (κ3) is 5.49. The summed E-state index contributed by atoms with van der Waals surface area (Å²) in [5.74, 6) is -0.429. The van der Waals surface area contributed by atoms with Crippen molar-refractivity contribution in [2.24, 2.45) is 0 Å². The Balaban J connectivity index is 1.43. The average Bonchev–Trinajstić information content (AvgIpc) is 3.53. The molecular formula is C22H17BrN2O3S4. The van der Waals surface area contributed by atoms with Gasteiger partial charge >= 0.3 is 5.97 Å². The van der Waals surface area contributed by atoms with Gasteiger partial charge < -0.3 is 10.1 Å². The quantitative estimate of drug-likeness (QED) is 0.180. The Kier molecular flexibility index (Phi) is 7.80. The number of thioether (sulfide) groups is 1. The molecule has 0 aliphatic rings. The number of thiophene rings is 2. The van der Waals surface area contributed by atoms with Gasteiger partial charge in [0.25, 0.3) is 0 Å². The van der Waals surface area contributed by atoms with Crippen molar-refractivity contribution < 1.29 is 14.3 Å². The fourth-order valence-electron chi connectivity index (χ4n) is 2.84. The number of anilines is 1. The Morgan fingerprint density at radius 2 is 1.94 bits per heavy atom. The molecule has 32 heavy (non-hydrogen) atoms. The highest BCUT2D eigenvalue weighted by Crippen LogP contribution is 2.38. The van der Waals surface area contributed by atoms with Crippen LogP contribution in [-0.2, 0) is 9.53 Å². The number of nitrogens with one attached hydrogen (secondary N) is 1. The zero-order valence-corrected chi connectivity index (χ0v) is 21.6. The number of aromatic nitrogens is 1. The molecule has 1 N–H and O–H groups in total. The van der Waals surface area contributed by atoms with Gasteiger partial charge in [0.05, 0.1) is 18.1 Å². The van der Waals surface area contributed by atoms with Crippen molar-refractivity contribution in [1.82, 2.24) is 4.98 Å². The van der Waals surface area contributed by atoms with Gasteiger partial charge in [-0.15, -0.1) is 34.0 Å². The first kappa shape index (κ1) is 23.2. The molecule has 0 saturated heterocycles. The molecule has 3 aromatic heterocycles. The van der Waals surface area contributed by atoms with Crippen LogP contribution in [0.25, 0.3) is 21.7 Å². The maximum absolute atomic E-state index is 12.6. The molecule has 3 heterocycles. The van der Waals surface area contributed by atoms with Gasteiger partial charge in [0.2, 0.25) is 5.91 Å². The minimum atomic E-state index is -0.431. The van der Waals surface area contributed by atoms with Crippen LogP contribution in [0.1, 0.15) is 17.3 Å². The summed E-state index contributed by atoms with van der Waals surface area (Å²) >= 11 is 9.18. The van der Waals surface area contributed by atoms with Crippen molar-refractivity contribution in [2.45, 2.75) is 11.3 Å². The first-order valence-electron chi connectivity index (χ1n) is 9.51. The second-order valence-electron chi connectivity index (χ2n) is 6.39. The lowest BCUT2D eigenvalue weighted by molar-refractivity contribution is -0.113. The lowest BCUT2D eigenvalue weighted by Crippen LogP contribution is -2.16. The summed E-state index contributed by atoms with van der Waals surface area (Å²) in [6.07, 6.45) is 0. The van der Waals surface area contributed by atoms with Crippen molar-refractivity contribution in [1.29, 1.82) is 0 Å². The number of amides is 1. The van der Waals surface area contributed by atoms with Crippen LogP contribution in [-0.4, -0.2) is 29.2 Å². The van der Waals surface area contributed by atoms with Crippen LogP contribution in [0.4, 0.5) is 5.00 Å². The van der Waals surface area contributed by atoms with Gasteiger partial charge in [-0.1, -0.05) is 45.9 Å². The number of hydrogen-bond acceptors (Lipinski definition) is 8. The van der Waals surface area contributed by atoms with E-state index in [-0.39, 0.29) is 18.3 Å². The minimum absolute atomic E-state index is 0.194. The first-order chi connectivity index (χ1) is 15.5. The summed E-state index contributed by atoms with van der Waals surface area (Å²) in [6, 6.07) is 11.8. The van der Waals surface area contributed by atoms with Gasteiger partial charge in [-0.25, -0.2) is 9.78 Å². The van der Waals surface area contributed by atoms with Gasteiger partial charge in [0.1, 0.15) is 10.6 Å². The number of halogens is 1. The highest BCUT2D eigenvalue weighted by molar-refractivity contribution is 9.10. The largest absolute Gasteiger partial charge is 0.462 e. The van der Waals surface area contributed by atoms with E-state index in [1.165, 1.54) is 45.8 Å². The standard InChI is InChI=1S/C22H17BrN2O3S4/c1-2-28-21(27)19-15(17-4-3-9-29-17)10-30-20(19)25-18(26)12-32-22-24-16(11-31-22)13-5-7-14(23)8-6-13/h3-11H,2,12H2,1H3,(H,25,26). The maximum atomic E-state index is 12.6.